The van der Waals surface area contributed by atoms with E-state index in [1.807, 2.05) is 19.9 Å². The van der Waals surface area contributed by atoms with Gasteiger partial charge in [-0.3, -0.25) is 14.6 Å². The lowest BCUT2D eigenvalue weighted by atomic mass is 9.97. The van der Waals surface area contributed by atoms with E-state index in [4.69, 9.17) is 11.6 Å². The van der Waals surface area contributed by atoms with Crippen LogP contribution in [0.1, 0.15) is 52.9 Å². The third-order valence-corrected chi connectivity index (χ3v) is 6.12. The van der Waals surface area contributed by atoms with E-state index in [0.29, 0.717) is 54.2 Å². The lowest BCUT2D eigenvalue weighted by molar-refractivity contribution is -0.125. The van der Waals surface area contributed by atoms with E-state index in [0.717, 1.165) is 32.2 Å². The first-order chi connectivity index (χ1) is 16.5. The van der Waals surface area contributed by atoms with Crippen molar-refractivity contribution in [2.75, 3.05) is 41.3 Å². The van der Waals surface area contributed by atoms with Crippen molar-refractivity contribution in [3.63, 3.8) is 0 Å². The van der Waals surface area contributed by atoms with Gasteiger partial charge in [-0.25, -0.2) is 4.98 Å². The summed E-state index contributed by atoms with van der Waals surface area (Å²) in [5.74, 6) is 1.00. The number of halogens is 1. The van der Waals surface area contributed by atoms with Crippen LogP contribution in [0.2, 0.25) is 5.02 Å². The fraction of sp³-hybridized carbons (Fsp3) is 0.542. The van der Waals surface area contributed by atoms with Gasteiger partial charge in [0.15, 0.2) is 5.82 Å². The quantitative estimate of drug-likeness (QED) is 0.485. The molecule has 0 radical (unpaired) electrons. The van der Waals surface area contributed by atoms with Gasteiger partial charge in [-0.05, 0) is 32.3 Å². The Labute approximate surface area is 206 Å². The van der Waals surface area contributed by atoms with E-state index in [-0.39, 0.29) is 17.7 Å². The number of aromatic nitrogens is 3. The molecule has 2 N–H and O–H groups in total. The first kappa shape index (κ1) is 25.7. The number of carbonyl (C=O) groups is 2. The van der Waals surface area contributed by atoms with Crippen molar-refractivity contribution in [1.29, 1.82) is 0 Å². The first-order valence-corrected chi connectivity index (χ1v) is 12.4. The maximum atomic E-state index is 12.6. The molecule has 1 fully saturated rings. The molecule has 0 spiro atoms. The van der Waals surface area contributed by atoms with Gasteiger partial charge in [0, 0.05) is 32.6 Å². The lowest BCUT2D eigenvalue weighted by Gasteiger charge is -2.33. The molecule has 1 atom stereocenters. The zero-order valence-corrected chi connectivity index (χ0v) is 20.9. The number of carbonyl (C=O) groups excluding carboxylic acids is 2. The van der Waals surface area contributed by atoms with Crippen molar-refractivity contribution in [2.45, 2.75) is 52.9 Å². The summed E-state index contributed by atoms with van der Waals surface area (Å²) < 4.78 is 0. The monoisotopic (exact) mass is 487 g/mol. The van der Waals surface area contributed by atoms with Gasteiger partial charge in [0.1, 0.15) is 5.02 Å². The molecule has 2 amide bonds. The summed E-state index contributed by atoms with van der Waals surface area (Å²) in [6.45, 7) is 8.48. The fourth-order valence-corrected chi connectivity index (χ4v) is 4.23. The summed E-state index contributed by atoms with van der Waals surface area (Å²) in [5, 5.41) is 6.64. The number of unbranched alkanes of at least 4 members (excludes halogenated alkanes) is 1. The van der Waals surface area contributed by atoms with E-state index in [9.17, 15) is 9.59 Å². The molecule has 1 saturated heterocycles. The van der Waals surface area contributed by atoms with Crippen LogP contribution in [-0.2, 0) is 9.59 Å². The summed E-state index contributed by atoms with van der Waals surface area (Å²) in [4.78, 5) is 41.7. The molecule has 184 valence electrons. The minimum atomic E-state index is -0.0925. The minimum Gasteiger partial charge on any atom is -0.356 e. The Morgan fingerprint density at radius 2 is 2.06 bits per heavy atom. The molecule has 1 aliphatic heterocycles. The summed E-state index contributed by atoms with van der Waals surface area (Å²) in [5.41, 5.74) is 1.38. The maximum Gasteiger partial charge on any atom is 0.229 e. The maximum absolute atomic E-state index is 12.6. The van der Waals surface area contributed by atoms with Crippen LogP contribution in [0, 0.1) is 5.92 Å². The van der Waals surface area contributed by atoms with E-state index in [1.165, 1.54) is 0 Å². The van der Waals surface area contributed by atoms with Crippen LogP contribution >= 0.6 is 11.6 Å². The van der Waals surface area contributed by atoms with Gasteiger partial charge in [-0.1, -0.05) is 31.9 Å². The molecule has 34 heavy (non-hydrogen) atoms. The molecule has 0 aliphatic carbocycles. The van der Waals surface area contributed by atoms with Gasteiger partial charge in [0.2, 0.25) is 17.8 Å². The van der Waals surface area contributed by atoms with Crippen molar-refractivity contribution in [2.24, 2.45) is 5.92 Å². The molecule has 3 rings (SSSR count). The second-order valence-corrected chi connectivity index (χ2v) is 8.75. The number of hydrogen-bond donors (Lipinski definition) is 2. The second-order valence-electron chi connectivity index (χ2n) is 8.34. The minimum absolute atomic E-state index is 0.0323. The van der Waals surface area contributed by atoms with Crippen molar-refractivity contribution in [3.8, 4) is 0 Å². The highest BCUT2D eigenvalue weighted by Crippen LogP contribution is 2.29. The van der Waals surface area contributed by atoms with Crippen molar-refractivity contribution in [3.05, 3.63) is 29.7 Å². The largest absolute Gasteiger partial charge is 0.356 e. The number of nitrogens with zero attached hydrogens (tertiary/aromatic N) is 5. The number of piperidine rings is 1. The van der Waals surface area contributed by atoms with Crippen molar-refractivity contribution >= 4 is 46.6 Å². The third kappa shape index (κ3) is 6.56. The second kappa shape index (κ2) is 12.5. The van der Waals surface area contributed by atoms with Crippen LogP contribution in [0.3, 0.4) is 0 Å². The van der Waals surface area contributed by atoms with Crippen LogP contribution in [0.4, 0.5) is 23.1 Å². The molecule has 10 heteroatoms. The van der Waals surface area contributed by atoms with E-state index in [2.05, 4.69) is 37.4 Å². The molecular weight excluding hydrogens is 454 g/mol. The zero-order valence-electron chi connectivity index (χ0n) is 20.2. The SMILES string of the molecule is CCCCNC(=O)C1CCCN(c2nc(Nc3cncc(N(CC)C(=O)CC)c3)ncc2Cl)C1. The summed E-state index contributed by atoms with van der Waals surface area (Å²) in [7, 11) is 0. The molecule has 1 aliphatic rings. The van der Waals surface area contributed by atoms with Gasteiger partial charge < -0.3 is 20.4 Å². The number of hydrogen-bond acceptors (Lipinski definition) is 7. The zero-order chi connectivity index (χ0) is 24.5. The molecule has 3 heterocycles. The fourth-order valence-electron chi connectivity index (χ4n) is 4.02. The smallest absolute Gasteiger partial charge is 0.229 e. The van der Waals surface area contributed by atoms with Crippen LogP contribution < -0.4 is 20.4 Å². The normalized spacial score (nSPS) is 15.6. The van der Waals surface area contributed by atoms with E-state index in [1.54, 1.807) is 23.5 Å². The molecule has 0 aromatic carbocycles. The number of anilines is 4. The Bertz CT molecular complexity index is 988. The number of pyridine rings is 1. The number of amides is 2. The van der Waals surface area contributed by atoms with Gasteiger partial charge in [0.05, 0.1) is 35.9 Å². The Kier molecular flexibility index (Phi) is 9.44. The van der Waals surface area contributed by atoms with Gasteiger partial charge >= 0.3 is 0 Å². The topological polar surface area (TPSA) is 103 Å². The summed E-state index contributed by atoms with van der Waals surface area (Å²) >= 11 is 6.45. The lowest BCUT2D eigenvalue weighted by Crippen LogP contribution is -2.43. The van der Waals surface area contributed by atoms with Crippen LogP contribution in [-0.4, -0.2) is 52.9 Å². The summed E-state index contributed by atoms with van der Waals surface area (Å²) in [6.07, 6.45) is 9.07. The van der Waals surface area contributed by atoms with E-state index >= 15 is 0 Å². The predicted molar refractivity (Wildman–Crippen MR) is 136 cm³/mol. The third-order valence-electron chi connectivity index (χ3n) is 5.86. The van der Waals surface area contributed by atoms with Crippen molar-refractivity contribution in [1.82, 2.24) is 20.3 Å². The molecule has 9 nitrogen and oxygen atoms in total. The average Bonchev–Trinajstić information content (AvgIpc) is 2.86. The Balaban J connectivity index is 1.73. The van der Waals surface area contributed by atoms with Crippen LogP contribution in [0.5, 0.6) is 0 Å². The highest BCUT2D eigenvalue weighted by atomic mass is 35.5. The average molecular weight is 488 g/mol. The molecule has 0 bridgehead atoms. The molecule has 2 aromatic rings. The van der Waals surface area contributed by atoms with Gasteiger partial charge in [-0.2, -0.15) is 4.98 Å². The Morgan fingerprint density at radius 3 is 2.79 bits per heavy atom. The number of rotatable bonds is 10. The highest BCUT2D eigenvalue weighted by molar-refractivity contribution is 6.32. The van der Waals surface area contributed by atoms with Crippen LogP contribution in [0.15, 0.2) is 24.7 Å². The molecule has 0 saturated carbocycles. The van der Waals surface area contributed by atoms with Crippen molar-refractivity contribution < 1.29 is 9.59 Å². The highest BCUT2D eigenvalue weighted by Gasteiger charge is 2.27. The molecular formula is C24H34ClN7O2. The van der Waals surface area contributed by atoms with Gasteiger partial charge in [0.25, 0.3) is 0 Å². The molecule has 1 unspecified atom stereocenters. The Morgan fingerprint density at radius 1 is 1.24 bits per heavy atom. The summed E-state index contributed by atoms with van der Waals surface area (Å²) in [6, 6.07) is 1.85. The predicted octanol–water partition coefficient (Wildman–Crippen LogP) is 4.16. The van der Waals surface area contributed by atoms with E-state index < -0.39 is 0 Å². The Hall–Kier alpha value is -2.94. The molecule has 2 aromatic heterocycles. The van der Waals surface area contributed by atoms with Gasteiger partial charge in [-0.15, -0.1) is 0 Å². The first-order valence-electron chi connectivity index (χ1n) is 12.0. The van der Waals surface area contributed by atoms with Crippen LogP contribution in [0.25, 0.3) is 0 Å². The number of nitrogens with one attached hydrogen (secondary N) is 2. The standard InChI is InChI=1S/C24H34ClN7O2/c1-4-7-10-27-23(34)17-9-8-11-31(16-17)22-20(25)15-28-24(30-22)29-18-12-19(14-26-13-18)32(6-3)21(33)5-2/h12-15,17H,4-11,16H2,1-3H3,(H,27,34)(H,28,29,30).